The van der Waals surface area contributed by atoms with Gasteiger partial charge in [-0.15, -0.1) is 0 Å². The molecule has 2 N–H and O–H groups in total. The second-order valence-electron chi connectivity index (χ2n) is 3.58. The molecule has 0 unspecified atom stereocenters. The zero-order valence-corrected chi connectivity index (χ0v) is 7.66. The number of hydrogen-bond donors (Lipinski definition) is 2. The average Bonchev–Trinajstić information content (AvgIpc) is 2.99. The summed E-state index contributed by atoms with van der Waals surface area (Å²) >= 11 is 0. The summed E-state index contributed by atoms with van der Waals surface area (Å²) in [4.78, 5) is 0. The van der Waals surface area contributed by atoms with Crippen LogP contribution in [0.25, 0.3) is 0 Å². The number of nitrogens with one attached hydrogen (secondary N) is 1. The lowest BCUT2D eigenvalue weighted by molar-refractivity contribution is 0.280. The van der Waals surface area contributed by atoms with E-state index in [4.69, 9.17) is 5.11 Å². The fourth-order valence-electron chi connectivity index (χ4n) is 1.43. The van der Waals surface area contributed by atoms with Gasteiger partial charge < -0.3 is 10.4 Å². The molecule has 0 aromatic heterocycles. The fourth-order valence-corrected chi connectivity index (χ4v) is 1.43. The smallest absolute Gasteiger partial charge is 0.0685 e. The maximum absolute atomic E-state index is 9.07. The van der Waals surface area contributed by atoms with Gasteiger partial charge in [0.2, 0.25) is 0 Å². The van der Waals surface area contributed by atoms with Gasteiger partial charge in [0.1, 0.15) is 0 Å². The first-order chi connectivity index (χ1) is 6.40. The van der Waals surface area contributed by atoms with Gasteiger partial charge in [-0.1, -0.05) is 24.3 Å². The Morgan fingerprint density at radius 2 is 1.92 bits per heavy atom. The van der Waals surface area contributed by atoms with Gasteiger partial charge >= 0.3 is 0 Å². The molecule has 13 heavy (non-hydrogen) atoms. The summed E-state index contributed by atoms with van der Waals surface area (Å²) in [6.45, 7) is 1.03. The van der Waals surface area contributed by atoms with Gasteiger partial charge in [0.05, 0.1) is 6.61 Å². The molecule has 0 heterocycles. The van der Waals surface area contributed by atoms with E-state index in [1.807, 2.05) is 18.2 Å². The predicted molar refractivity (Wildman–Crippen MR) is 52.2 cm³/mol. The molecule has 2 nitrogen and oxygen atoms in total. The highest BCUT2D eigenvalue weighted by Gasteiger charge is 2.20. The third kappa shape index (κ3) is 2.29. The van der Waals surface area contributed by atoms with Crippen molar-refractivity contribution < 1.29 is 5.11 Å². The van der Waals surface area contributed by atoms with Gasteiger partial charge in [-0.3, -0.25) is 0 Å². The summed E-state index contributed by atoms with van der Waals surface area (Å²) in [5.74, 6) is 0. The van der Waals surface area contributed by atoms with E-state index in [0.29, 0.717) is 0 Å². The predicted octanol–water partition coefficient (Wildman–Crippen LogP) is 1.43. The molecule has 0 spiro atoms. The first-order valence-corrected chi connectivity index (χ1v) is 4.81. The number of aliphatic hydroxyl groups is 1. The Morgan fingerprint density at radius 3 is 2.54 bits per heavy atom. The van der Waals surface area contributed by atoms with Crippen LogP contribution in [-0.2, 0) is 13.2 Å². The van der Waals surface area contributed by atoms with Gasteiger partial charge in [-0.05, 0) is 24.0 Å². The summed E-state index contributed by atoms with van der Waals surface area (Å²) in [6, 6.07) is 8.76. The minimum Gasteiger partial charge on any atom is -0.392 e. The van der Waals surface area contributed by atoms with Crippen LogP contribution in [0.15, 0.2) is 24.3 Å². The average molecular weight is 177 g/mol. The zero-order valence-electron chi connectivity index (χ0n) is 7.66. The molecule has 1 aliphatic rings. The van der Waals surface area contributed by atoms with Crippen molar-refractivity contribution in [1.29, 1.82) is 0 Å². The molecule has 0 radical (unpaired) electrons. The van der Waals surface area contributed by atoms with Gasteiger partial charge in [0.25, 0.3) is 0 Å². The van der Waals surface area contributed by atoms with Crippen molar-refractivity contribution in [2.45, 2.75) is 32.0 Å². The summed E-state index contributed by atoms with van der Waals surface area (Å²) in [5.41, 5.74) is 2.26. The van der Waals surface area contributed by atoms with E-state index in [-0.39, 0.29) is 6.61 Å². The topological polar surface area (TPSA) is 32.3 Å². The van der Waals surface area contributed by atoms with Gasteiger partial charge in [-0.2, -0.15) is 0 Å². The lowest BCUT2D eigenvalue weighted by atomic mass is 10.1. The molecule has 1 aromatic rings. The fraction of sp³-hybridized carbons (Fsp3) is 0.455. The van der Waals surface area contributed by atoms with Gasteiger partial charge in [0, 0.05) is 12.6 Å². The molecule has 0 bridgehead atoms. The number of benzene rings is 1. The van der Waals surface area contributed by atoms with E-state index < -0.39 is 0 Å². The number of hydrogen-bond acceptors (Lipinski definition) is 2. The highest BCUT2D eigenvalue weighted by molar-refractivity contribution is 5.26. The van der Waals surface area contributed by atoms with E-state index in [1.54, 1.807) is 0 Å². The Kier molecular flexibility index (Phi) is 2.62. The zero-order chi connectivity index (χ0) is 9.10. The van der Waals surface area contributed by atoms with Crippen molar-refractivity contribution in [2.75, 3.05) is 0 Å². The number of rotatable bonds is 4. The van der Waals surface area contributed by atoms with Crippen molar-refractivity contribution in [3.05, 3.63) is 35.4 Å². The Labute approximate surface area is 78.6 Å². The van der Waals surface area contributed by atoms with Crippen LogP contribution in [0.1, 0.15) is 24.0 Å². The maximum Gasteiger partial charge on any atom is 0.0685 e. The maximum atomic E-state index is 9.07. The standard InChI is InChI=1S/C11H15NO/c13-8-10-4-2-1-3-9(10)7-12-11-5-6-11/h1-4,11-13H,5-8H2. The van der Waals surface area contributed by atoms with Crippen molar-refractivity contribution in [3.8, 4) is 0 Å². The summed E-state index contributed by atoms with van der Waals surface area (Å²) in [6.07, 6.45) is 2.61. The van der Waals surface area contributed by atoms with Crippen LogP contribution in [0.5, 0.6) is 0 Å². The van der Waals surface area contributed by atoms with Gasteiger partial charge in [0.15, 0.2) is 0 Å². The van der Waals surface area contributed by atoms with Crippen molar-refractivity contribution >= 4 is 0 Å². The van der Waals surface area contributed by atoms with E-state index >= 15 is 0 Å². The van der Waals surface area contributed by atoms with Crippen LogP contribution in [0.4, 0.5) is 0 Å². The monoisotopic (exact) mass is 177 g/mol. The molecule has 1 aromatic carbocycles. The Bertz CT molecular complexity index is 281. The SMILES string of the molecule is OCc1ccccc1CNC1CC1. The van der Waals surface area contributed by atoms with Crippen LogP contribution in [0.3, 0.4) is 0 Å². The minimum atomic E-state index is 0.141. The van der Waals surface area contributed by atoms with Crippen molar-refractivity contribution in [3.63, 3.8) is 0 Å². The van der Waals surface area contributed by atoms with E-state index in [1.165, 1.54) is 18.4 Å². The molecule has 0 saturated heterocycles. The first-order valence-electron chi connectivity index (χ1n) is 4.81. The molecule has 70 valence electrons. The molecule has 2 rings (SSSR count). The highest BCUT2D eigenvalue weighted by atomic mass is 16.3. The highest BCUT2D eigenvalue weighted by Crippen LogP contribution is 2.19. The third-order valence-corrected chi connectivity index (χ3v) is 2.45. The van der Waals surface area contributed by atoms with Crippen LogP contribution >= 0.6 is 0 Å². The molecular formula is C11H15NO. The van der Waals surface area contributed by atoms with Crippen LogP contribution in [0.2, 0.25) is 0 Å². The minimum absolute atomic E-state index is 0.141. The quantitative estimate of drug-likeness (QED) is 0.729. The molecule has 1 fully saturated rings. The molecule has 1 saturated carbocycles. The summed E-state index contributed by atoms with van der Waals surface area (Å²) in [7, 11) is 0. The lowest BCUT2D eigenvalue weighted by Gasteiger charge is -2.07. The van der Waals surface area contributed by atoms with E-state index in [0.717, 1.165) is 18.2 Å². The van der Waals surface area contributed by atoms with Crippen molar-refractivity contribution in [1.82, 2.24) is 5.32 Å². The largest absolute Gasteiger partial charge is 0.392 e. The van der Waals surface area contributed by atoms with Crippen LogP contribution in [-0.4, -0.2) is 11.1 Å². The lowest BCUT2D eigenvalue weighted by Crippen LogP contribution is -2.16. The second-order valence-corrected chi connectivity index (χ2v) is 3.58. The van der Waals surface area contributed by atoms with E-state index in [2.05, 4.69) is 11.4 Å². The summed E-state index contributed by atoms with van der Waals surface area (Å²) < 4.78 is 0. The Balaban J connectivity index is 1.99. The molecular weight excluding hydrogens is 162 g/mol. The normalized spacial score (nSPS) is 16.1. The second kappa shape index (κ2) is 3.90. The molecule has 1 aliphatic carbocycles. The van der Waals surface area contributed by atoms with E-state index in [9.17, 15) is 0 Å². The Morgan fingerprint density at radius 1 is 1.23 bits per heavy atom. The summed E-state index contributed by atoms with van der Waals surface area (Å²) in [5, 5.41) is 12.5. The molecule has 0 atom stereocenters. The molecule has 2 heteroatoms. The molecule has 0 amide bonds. The Hall–Kier alpha value is -0.860. The van der Waals surface area contributed by atoms with Crippen molar-refractivity contribution in [2.24, 2.45) is 0 Å². The van der Waals surface area contributed by atoms with Crippen LogP contribution in [0, 0.1) is 0 Å². The molecule has 0 aliphatic heterocycles. The first kappa shape index (κ1) is 8.73. The third-order valence-electron chi connectivity index (χ3n) is 2.45. The van der Waals surface area contributed by atoms with Gasteiger partial charge in [-0.25, -0.2) is 0 Å². The number of aliphatic hydroxyl groups excluding tert-OH is 1. The van der Waals surface area contributed by atoms with Crippen LogP contribution < -0.4 is 5.32 Å².